The van der Waals surface area contributed by atoms with Crippen molar-refractivity contribution in [3.63, 3.8) is 0 Å². The van der Waals surface area contributed by atoms with Crippen molar-refractivity contribution in [2.75, 3.05) is 26.2 Å². The van der Waals surface area contributed by atoms with Gasteiger partial charge in [-0.25, -0.2) is 0 Å². The molecule has 2 heterocycles. The second-order valence-electron chi connectivity index (χ2n) is 3.78. The van der Waals surface area contributed by atoms with Gasteiger partial charge in [0.05, 0.1) is 0 Å². The van der Waals surface area contributed by atoms with Crippen LogP contribution in [0.3, 0.4) is 0 Å². The number of halogens is 4. The molecule has 2 saturated heterocycles. The first-order valence-electron chi connectivity index (χ1n) is 5.57. The van der Waals surface area contributed by atoms with Gasteiger partial charge >= 0.3 is 35.3 Å². The van der Waals surface area contributed by atoms with Crippen LogP contribution in [0, 0.1) is 0 Å². The summed E-state index contributed by atoms with van der Waals surface area (Å²) < 4.78 is 1.68. The molecule has 0 saturated carbocycles. The van der Waals surface area contributed by atoms with Crippen molar-refractivity contribution in [1.82, 2.24) is 0 Å². The molecule has 0 N–H and O–H groups in total. The van der Waals surface area contributed by atoms with E-state index in [-0.39, 0.29) is 0 Å². The Balaban J connectivity index is 0.000000247. The molecular weight excluding hydrogens is 668 g/mol. The van der Waals surface area contributed by atoms with E-state index in [1.807, 2.05) is 0 Å². The van der Waals surface area contributed by atoms with Gasteiger partial charge in [-0.05, 0) is 20.7 Å². The minimum atomic E-state index is -0.472. The summed E-state index contributed by atoms with van der Waals surface area (Å²) in [5.74, 6) is 0. The second-order valence-corrected chi connectivity index (χ2v) is 10.6. The molecule has 0 aromatic carbocycles. The van der Waals surface area contributed by atoms with E-state index in [1.54, 1.807) is 0 Å². The molecule has 2 aliphatic rings. The zero-order valence-corrected chi connectivity index (χ0v) is 17.6. The third kappa shape index (κ3) is 14.9. The van der Waals surface area contributed by atoms with E-state index in [1.165, 1.54) is 25.7 Å². The third-order valence-corrected chi connectivity index (χ3v) is 4.36. The predicted molar refractivity (Wildman–Crippen MR) is 92.0 cm³/mol. The molecule has 0 bridgehead atoms. The monoisotopic (exact) mass is 685 g/mol. The first-order chi connectivity index (χ1) is 8.20. The Bertz CT molecular complexity index is 141. The first kappa shape index (κ1) is 19.6. The van der Waals surface area contributed by atoms with Gasteiger partial charge in [0.2, 0.25) is 0 Å². The zero-order valence-electron chi connectivity index (χ0n) is 9.53. The van der Waals surface area contributed by atoms with Crippen molar-refractivity contribution in [2.45, 2.75) is 33.5 Å². The molecule has 0 spiro atoms. The summed E-state index contributed by atoms with van der Waals surface area (Å²) in [5, 5.41) is 8.50. The van der Waals surface area contributed by atoms with Crippen LogP contribution in [-0.2, 0) is 16.5 Å². The van der Waals surface area contributed by atoms with Crippen molar-refractivity contribution in [2.24, 2.45) is 0 Å². The topological polar surface area (TPSA) is 28.2 Å². The molecule has 2 aliphatic heterocycles. The molecule has 0 aliphatic carbocycles. The molecule has 17 heavy (non-hydrogen) atoms. The number of alkyl halides is 2. The van der Waals surface area contributed by atoms with Gasteiger partial charge in [-0.1, -0.05) is 58.0 Å². The van der Waals surface area contributed by atoms with Gasteiger partial charge in [-0.3, -0.25) is 0 Å². The van der Waals surface area contributed by atoms with Crippen LogP contribution in [-0.4, -0.2) is 34.0 Å². The van der Waals surface area contributed by atoms with Gasteiger partial charge in [0.15, 0.2) is 0 Å². The number of hydrogen-bond acceptors (Lipinski definition) is 0. The van der Waals surface area contributed by atoms with Crippen LogP contribution in [0.15, 0.2) is 0 Å². The molecule has 2 atom stereocenters. The first-order valence-corrected chi connectivity index (χ1v) is 13.7. The SMILES string of the molecule is IC1CCC[N-]C1.IC1CCC[N-]C1.[Cl][Pt+2][Cl]. The molecule has 0 radical (unpaired) electrons. The standard InChI is InChI=1S/2C5H9IN.2ClH.Pt/c2*6-5-2-1-3-7-4-5;;;/h2*5H,1-4H2;2*1H;/q2*-1;;;+4/p-2. The van der Waals surface area contributed by atoms with Crippen LogP contribution in [0.2, 0.25) is 0 Å². The number of hydrogen-bond donors (Lipinski definition) is 0. The summed E-state index contributed by atoms with van der Waals surface area (Å²) >= 11 is 4.45. The number of piperidine rings is 2. The molecule has 2 rings (SSSR count). The van der Waals surface area contributed by atoms with Crippen molar-refractivity contribution < 1.29 is 16.5 Å². The van der Waals surface area contributed by atoms with Gasteiger partial charge in [-0.15, -0.1) is 26.2 Å². The molecule has 2 fully saturated rings. The summed E-state index contributed by atoms with van der Waals surface area (Å²) in [4.78, 5) is 0. The summed E-state index contributed by atoms with van der Waals surface area (Å²) in [6.45, 7) is 4.42. The normalized spacial score (nSPS) is 28.5. The average Bonchev–Trinajstić information content (AvgIpc) is 2.33. The van der Waals surface area contributed by atoms with E-state index in [4.69, 9.17) is 18.8 Å². The Labute approximate surface area is 149 Å². The van der Waals surface area contributed by atoms with E-state index >= 15 is 0 Å². The molecule has 7 heteroatoms. The van der Waals surface area contributed by atoms with Crippen LogP contribution < -0.4 is 0 Å². The van der Waals surface area contributed by atoms with E-state index in [0.717, 1.165) is 34.0 Å². The maximum absolute atomic E-state index is 4.88. The summed E-state index contributed by atoms with van der Waals surface area (Å²) in [5.41, 5.74) is 0. The van der Waals surface area contributed by atoms with E-state index in [0.29, 0.717) is 0 Å². The summed E-state index contributed by atoms with van der Waals surface area (Å²) in [7, 11) is 9.75. The Morgan fingerprint density at radius 1 is 0.882 bits per heavy atom. The van der Waals surface area contributed by atoms with Gasteiger partial charge in [0, 0.05) is 0 Å². The molecule has 0 aromatic rings. The van der Waals surface area contributed by atoms with Gasteiger partial charge < -0.3 is 10.6 Å². The summed E-state index contributed by atoms with van der Waals surface area (Å²) in [6, 6.07) is 0. The molecule has 2 unspecified atom stereocenters. The fourth-order valence-corrected chi connectivity index (χ4v) is 2.93. The van der Waals surface area contributed by atoms with Crippen LogP contribution in [0.5, 0.6) is 0 Å². The quantitative estimate of drug-likeness (QED) is 0.245. The second kappa shape index (κ2) is 15.0. The Kier molecular flexibility index (Phi) is 17.4. The van der Waals surface area contributed by atoms with Crippen molar-refractivity contribution in [3.05, 3.63) is 10.6 Å². The number of rotatable bonds is 0. The van der Waals surface area contributed by atoms with E-state index in [9.17, 15) is 0 Å². The molecule has 0 aromatic heterocycles. The van der Waals surface area contributed by atoms with Crippen molar-refractivity contribution in [1.29, 1.82) is 0 Å². The van der Waals surface area contributed by atoms with Crippen LogP contribution >= 0.6 is 64.0 Å². The van der Waals surface area contributed by atoms with E-state index in [2.05, 4.69) is 55.8 Å². The van der Waals surface area contributed by atoms with Gasteiger partial charge in [0.25, 0.3) is 0 Å². The Morgan fingerprint density at radius 2 is 1.24 bits per heavy atom. The van der Waals surface area contributed by atoms with Crippen LogP contribution in [0.4, 0.5) is 0 Å². The molecule has 0 amide bonds. The molecule has 106 valence electrons. The minimum absolute atomic E-state index is 0.472. The van der Waals surface area contributed by atoms with Gasteiger partial charge in [-0.2, -0.15) is 0 Å². The van der Waals surface area contributed by atoms with Crippen molar-refractivity contribution >= 4 is 64.0 Å². The Hall–Kier alpha value is 2.65. The van der Waals surface area contributed by atoms with Crippen LogP contribution in [0.25, 0.3) is 10.6 Å². The van der Waals surface area contributed by atoms with Gasteiger partial charge in [0.1, 0.15) is 0 Å². The molecular formula is C10H18Cl2I2N2Pt. The summed E-state index contributed by atoms with van der Waals surface area (Å²) in [6.07, 6.45) is 5.38. The van der Waals surface area contributed by atoms with Crippen molar-refractivity contribution in [3.8, 4) is 0 Å². The molecule has 2 nitrogen and oxygen atoms in total. The Morgan fingerprint density at radius 3 is 1.35 bits per heavy atom. The van der Waals surface area contributed by atoms with Crippen LogP contribution in [0.1, 0.15) is 25.7 Å². The fourth-order valence-electron chi connectivity index (χ4n) is 1.49. The zero-order chi connectivity index (χ0) is 12.9. The average molecular weight is 686 g/mol. The van der Waals surface area contributed by atoms with E-state index < -0.39 is 16.5 Å². The predicted octanol–water partition coefficient (Wildman–Crippen LogP) is 5.29. The fraction of sp³-hybridized carbons (Fsp3) is 1.00. The third-order valence-electron chi connectivity index (χ3n) is 2.32. The number of nitrogens with zero attached hydrogens (tertiary/aromatic N) is 2. The maximum atomic E-state index is 4.88.